The average Bonchev–Trinajstić information content (AvgIpc) is 3.09. The van der Waals surface area contributed by atoms with Gasteiger partial charge in [-0.1, -0.05) is 18.2 Å². The van der Waals surface area contributed by atoms with Crippen molar-refractivity contribution in [2.24, 2.45) is 7.05 Å². The summed E-state index contributed by atoms with van der Waals surface area (Å²) in [6.45, 7) is 0. The van der Waals surface area contributed by atoms with Crippen LogP contribution < -0.4 is 5.56 Å². The summed E-state index contributed by atoms with van der Waals surface area (Å²) in [6.07, 6.45) is -1.75. The summed E-state index contributed by atoms with van der Waals surface area (Å²) in [4.78, 5) is 25.5. The van der Waals surface area contributed by atoms with Gasteiger partial charge in [0.15, 0.2) is 5.52 Å². The van der Waals surface area contributed by atoms with Crippen LogP contribution in [0, 0.1) is 0 Å². The van der Waals surface area contributed by atoms with Crippen LogP contribution in [0.1, 0.15) is 5.69 Å². The van der Waals surface area contributed by atoms with Gasteiger partial charge < -0.3 is 4.57 Å². The standard InChI is InChI=1S/C20H12F3N5O/c1-27-10-25-16-17(27)13-6-7-15(20(21,22)23)26-18(13)28(19(16)29)12-8-11-4-2-3-5-14(11)24-9-12/h2-10H,1H3. The Kier molecular flexibility index (Phi) is 3.51. The SMILES string of the molecule is Cn1cnc2c(=O)n(-c3cnc4ccccc4c3)c3nc(C(F)(F)F)ccc3c21. The van der Waals surface area contributed by atoms with E-state index in [0.717, 1.165) is 16.0 Å². The molecule has 0 aliphatic heterocycles. The number of fused-ring (bicyclic) bond motifs is 4. The van der Waals surface area contributed by atoms with E-state index in [2.05, 4.69) is 15.0 Å². The lowest BCUT2D eigenvalue weighted by molar-refractivity contribution is -0.141. The van der Waals surface area contributed by atoms with Crippen LogP contribution in [0.3, 0.4) is 0 Å². The summed E-state index contributed by atoms with van der Waals surface area (Å²) in [6, 6.07) is 11.2. The van der Waals surface area contributed by atoms with E-state index in [-0.39, 0.29) is 11.2 Å². The smallest absolute Gasteiger partial charge is 0.333 e. The van der Waals surface area contributed by atoms with Crippen LogP contribution in [0.4, 0.5) is 13.2 Å². The Bertz CT molecular complexity index is 1480. The minimum atomic E-state index is -4.64. The molecule has 0 fully saturated rings. The number of para-hydroxylation sites is 1. The molecule has 0 spiro atoms. The molecule has 144 valence electrons. The first kappa shape index (κ1) is 17.4. The lowest BCUT2D eigenvalue weighted by Crippen LogP contribution is -2.21. The number of alkyl halides is 3. The molecule has 0 amide bonds. The van der Waals surface area contributed by atoms with Gasteiger partial charge >= 0.3 is 6.18 Å². The van der Waals surface area contributed by atoms with Crippen molar-refractivity contribution in [2.75, 3.05) is 0 Å². The Morgan fingerprint density at radius 2 is 1.83 bits per heavy atom. The number of aryl methyl sites for hydroxylation is 1. The first-order chi connectivity index (χ1) is 13.8. The van der Waals surface area contributed by atoms with Crippen LogP contribution >= 0.6 is 0 Å². The summed E-state index contributed by atoms with van der Waals surface area (Å²) < 4.78 is 42.7. The van der Waals surface area contributed by atoms with E-state index in [0.29, 0.717) is 22.1 Å². The molecule has 5 rings (SSSR count). The second-order valence-corrected chi connectivity index (χ2v) is 6.64. The van der Waals surface area contributed by atoms with Crippen LogP contribution in [0.25, 0.3) is 38.7 Å². The number of pyridine rings is 3. The fourth-order valence-electron chi connectivity index (χ4n) is 3.49. The molecule has 0 aliphatic carbocycles. The number of imidazole rings is 1. The van der Waals surface area contributed by atoms with Crippen molar-refractivity contribution in [3.05, 3.63) is 71.0 Å². The molecule has 4 aromatic heterocycles. The van der Waals surface area contributed by atoms with Crippen LogP contribution in [-0.2, 0) is 13.2 Å². The molecule has 0 aliphatic rings. The maximum atomic E-state index is 13.3. The molecule has 0 N–H and O–H groups in total. The highest BCUT2D eigenvalue weighted by Crippen LogP contribution is 2.31. The number of aromatic nitrogens is 5. The fourth-order valence-corrected chi connectivity index (χ4v) is 3.49. The summed E-state index contributed by atoms with van der Waals surface area (Å²) in [7, 11) is 1.67. The number of hydrogen-bond donors (Lipinski definition) is 0. The zero-order valence-corrected chi connectivity index (χ0v) is 15.0. The summed E-state index contributed by atoms with van der Waals surface area (Å²) in [5.74, 6) is 0. The first-order valence-corrected chi connectivity index (χ1v) is 8.64. The third-order valence-corrected chi connectivity index (χ3v) is 4.81. The van der Waals surface area contributed by atoms with E-state index in [9.17, 15) is 18.0 Å². The van der Waals surface area contributed by atoms with E-state index in [1.807, 2.05) is 24.3 Å². The van der Waals surface area contributed by atoms with Crippen molar-refractivity contribution in [2.45, 2.75) is 6.18 Å². The van der Waals surface area contributed by atoms with Gasteiger partial charge in [-0.2, -0.15) is 13.2 Å². The Morgan fingerprint density at radius 3 is 2.62 bits per heavy atom. The van der Waals surface area contributed by atoms with E-state index >= 15 is 0 Å². The fraction of sp³-hybridized carbons (Fsp3) is 0.100. The molecule has 0 saturated carbocycles. The average molecular weight is 395 g/mol. The third-order valence-electron chi connectivity index (χ3n) is 4.81. The summed E-state index contributed by atoms with van der Waals surface area (Å²) >= 11 is 0. The molecule has 0 radical (unpaired) electrons. The molecule has 0 atom stereocenters. The lowest BCUT2D eigenvalue weighted by Gasteiger charge is -2.13. The monoisotopic (exact) mass is 395 g/mol. The minimum absolute atomic E-state index is 0.0991. The van der Waals surface area contributed by atoms with Crippen LogP contribution in [0.5, 0.6) is 0 Å². The predicted octanol–water partition coefficient (Wildman–Crippen LogP) is 3.84. The van der Waals surface area contributed by atoms with Gasteiger partial charge in [0.05, 0.1) is 29.2 Å². The molecule has 4 heterocycles. The molecular formula is C20H12F3N5O. The van der Waals surface area contributed by atoms with Crippen LogP contribution in [0.2, 0.25) is 0 Å². The first-order valence-electron chi connectivity index (χ1n) is 8.64. The van der Waals surface area contributed by atoms with E-state index in [1.54, 1.807) is 17.7 Å². The maximum absolute atomic E-state index is 13.3. The largest absolute Gasteiger partial charge is 0.433 e. The van der Waals surface area contributed by atoms with Crippen molar-refractivity contribution < 1.29 is 13.2 Å². The van der Waals surface area contributed by atoms with Gasteiger partial charge in [0.25, 0.3) is 5.56 Å². The van der Waals surface area contributed by atoms with Gasteiger partial charge in [0, 0.05) is 17.8 Å². The van der Waals surface area contributed by atoms with E-state index in [4.69, 9.17) is 0 Å². The van der Waals surface area contributed by atoms with Gasteiger partial charge in [-0.05, 0) is 24.3 Å². The third kappa shape index (κ3) is 2.58. The zero-order chi connectivity index (χ0) is 20.3. The molecule has 1 aromatic carbocycles. The highest BCUT2D eigenvalue weighted by Gasteiger charge is 2.33. The van der Waals surface area contributed by atoms with Crippen molar-refractivity contribution in [3.8, 4) is 5.69 Å². The molecule has 9 heteroatoms. The topological polar surface area (TPSA) is 65.6 Å². The van der Waals surface area contributed by atoms with Crippen LogP contribution in [0.15, 0.2) is 59.8 Å². The van der Waals surface area contributed by atoms with E-state index in [1.165, 1.54) is 18.6 Å². The lowest BCUT2D eigenvalue weighted by atomic mass is 10.2. The Labute approximate surface area is 160 Å². The van der Waals surface area contributed by atoms with Gasteiger partial charge in [0.2, 0.25) is 0 Å². The summed E-state index contributed by atoms with van der Waals surface area (Å²) in [5, 5.41) is 1.14. The Hall–Kier alpha value is -3.75. The van der Waals surface area contributed by atoms with Gasteiger partial charge in [0.1, 0.15) is 11.3 Å². The van der Waals surface area contributed by atoms with Gasteiger partial charge in [-0.25, -0.2) is 9.97 Å². The second-order valence-electron chi connectivity index (χ2n) is 6.64. The number of hydrogen-bond acceptors (Lipinski definition) is 4. The van der Waals surface area contributed by atoms with Gasteiger partial charge in [-0.3, -0.25) is 14.3 Å². The maximum Gasteiger partial charge on any atom is 0.433 e. The normalized spacial score (nSPS) is 12.3. The Balaban J connectivity index is 1.96. The number of nitrogens with zero attached hydrogens (tertiary/aromatic N) is 5. The quantitative estimate of drug-likeness (QED) is 0.433. The predicted molar refractivity (Wildman–Crippen MR) is 102 cm³/mol. The highest BCUT2D eigenvalue weighted by atomic mass is 19.4. The molecule has 29 heavy (non-hydrogen) atoms. The highest BCUT2D eigenvalue weighted by molar-refractivity contribution is 6.01. The van der Waals surface area contributed by atoms with Crippen LogP contribution in [-0.4, -0.2) is 24.1 Å². The van der Waals surface area contributed by atoms with Crippen molar-refractivity contribution in [3.63, 3.8) is 0 Å². The second kappa shape index (κ2) is 5.87. The number of halogens is 3. The zero-order valence-electron chi connectivity index (χ0n) is 15.0. The molecule has 5 aromatic rings. The number of rotatable bonds is 1. The van der Waals surface area contributed by atoms with Crippen molar-refractivity contribution in [1.29, 1.82) is 0 Å². The van der Waals surface area contributed by atoms with Gasteiger partial charge in [-0.15, -0.1) is 0 Å². The van der Waals surface area contributed by atoms with E-state index < -0.39 is 17.4 Å². The molecule has 0 saturated heterocycles. The molecular weight excluding hydrogens is 383 g/mol. The number of benzene rings is 1. The minimum Gasteiger partial charge on any atom is -0.333 e. The molecule has 6 nitrogen and oxygen atoms in total. The molecule has 0 unspecified atom stereocenters. The van der Waals surface area contributed by atoms with Crippen molar-refractivity contribution >= 4 is 33.0 Å². The molecule has 0 bridgehead atoms. The summed E-state index contributed by atoms with van der Waals surface area (Å²) in [5.41, 5.74) is -0.135. The Morgan fingerprint density at radius 1 is 1.03 bits per heavy atom. The van der Waals surface area contributed by atoms with Crippen molar-refractivity contribution in [1.82, 2.24) is 24.1 Å².